The smallest absolute Gasteiger partial charge is 0.139 e. The number of anilines is 2. The molecular weight excluding hydrogens is 344 g/mol. The van der Waals surface area contributed by atoms with E-state index in [4.69, 9.17) is 4.98 Å². The highest BCUT2D eigenvalue weighted by Gasteiger charge is 2.17. The molecule has 1 aliphatic heterocycles. The molecule has 2 aromatic carbocycles. The number of nitrogens with zero attached hydrogens (tertiary/aromatic N) is 1. The molecular formula is C19H18N6S. The molecule has 4 aromatic rings. The summed E-state index contributed by atoms with van der Waals surface area (Å²) in [7, 11) is 0. The van der Waals surface area contributed by atoms with Crippen LogP contribution in [-0.4, -0.2) is 4.98 Å². The van der Waals surface area contributed by atoms with Crippen molar-refractivity contribution in [2.75, 3.05) is 5.32 Å². The zero-order valence-corrected chi connectivity index (χ0v) is 14.9. The van der Waals surface area contributed by atoms with Crippen LogP contribution in [0.15, 0.2) is 53.9 Å². The molecule has 1 fully saturated rings. The highest BCUT2D eigenvalue weighted by Crippen LogP contribution is 2.35. The standard InChI is InChI=1S/C19H18N6S/c1-11-3-2-4-13(9-11)20-19-15-7-8-26-17(15)14-6-5-12(10-16(14)21-19)18-22-24-25-23-18/h2-10,18,22-25H,1H3,(H,20,21). The SMILES string of the molecule is Cc1cccc(Nc2nc3cc(C4NNNN4)ccc3c3sccc23)c1. The largest absolute Gasteiger partial charge is 0.340 e. The van der Waals surface area contributed by atoms with Crippen LogP contribution in [0.5, 0.6) is 0 Å². The highest BCUT2D eigenvalue weighted by atomic mass is 32.1. The number of hydrogen-bond donors (Lipinski definition) is 5. The number of hydrogen-bond acceptors (Lipinski definition) is 7. The first kappa shape index (κ1) is 15.7. The predicted molar refractivity (Wildman–Crippen MR) is 107 cm³/mol. The number of benzene rings is 2. The van der Waals surface area contributed by atoms with Gasteiger partial charge in [0.2, 0.25) is 0 Å². The van der Waals surface area contributed by atoms with Crippen LogP contribution in [-0.2, 0) is 0 Å². The molecule has 0 bridgehead atoms. The summed E-state index contributed by atoms with van der Waals surface area (Å²) in [6, 6.07) is 16.9. The molecule has 5 rings (SSSR count). The number of nitrogens with one attached hydrogen (secondary N) is 5. The summed E-state index contributed by atoms with van der Waals surface area (Å²) in [5.41, 5.74) is 16.3. The Morgan fingerprint density at radius 1 is 1.00 bits per heavy atom. The summed E-state index contributed by atoms with van der Waals surface area (Å²) >= 11 is 1.75. The molecule has 26 heavy (non-hydrogen) atoms. The molecule has 0 atom stereocenters. The number of aromatic nitrogens is 1. The predicted octanol–water partition coefficient (Wildman–Crippen LogP) is 3.62. The van der Waals surface area contributed by atoms with Crippen molar-refractivity contribution in [2.45, 2.75) is 13.1 Å². The number of thiophene rings is 1. The monoisotopic (exact) mass is 362 g/mol. The average Bonchev–Trinajstić information content (AvgIpc) is 3.33. The molecule has 130 valence electrons. The van der Waals surface area contributed by atoms with E-state index in [1.54, 1.807) is 11.3 Å². The van der Waals surface area contributed by atoms with Crippen molar-refractivity contribution in [3.63, 3.8) is 0 Å². The van der Waals surface area contributed by atoms with Gasteiger partial charge in [0.05, 0.1) is 5.52 Å². The average molecular weight is 362 g/mol. The lowest BCUT2D eigenvalue weighted by molar-refractivity contribution is 0.555. The van der Waals surface area contributed by atoms with Crippen LogP contribution in [0.1, 0.15) is 17.3 Å². The topological polar surface area (TPSA) is 73.0 Å². The van der Waals surface area contributed by atoms with Crippen LogP contribution in [0, 0.1) is 6.92 Å². The van der Waals surface area contributed by atoms with Crippen molar-refractivity contribution in [1.82, 2.24) is 26.9 Å². The van der Waals surface area contributed by atoms with Crippen molar-refractivity contribution >= 4 is 43.8 Å². The molecule has 0 spiro atoms. The molecule has 0 saturated carbocycles. The third-order valence-electron chi connectivity index (χ3n) is 4.53. The third-order valence-corrected chi connectivity index (χ3v) is 5.48. The third kappa shape index (κ3) is 2.72. The van der Waals surface area contributed by atoms with E-state index >= 15 is 0 Å². The second-order valence-corrected chi connectivity index (χ2v) is 7.28. The van der Waals surface area contributed by atoms with Crippen molar-refractivity contribution < 1.29 is 0 Å². The Labute approximate surface area is 154 Å². The summed E-state index contributed by atoms with van der Waals surface area (Å²) < 4.78 is 1.25. The Morgan fingerprint density at radius 3 is 2.73 bits per heavy atom. The minimum atomic E-state index is -0.00610. The lowest BCUT2D eigenvalue weighted by Crippen LogP contribution is -2.33. The van der Waals surface area contributed by atoms with Gasteiger partial charge >= 0.3 is 0 Å². The molecule has 7 heteroatoms. The van der Waals surface area contributed by atoms with Gasteiger partial charge in [-0.05, 0) is 47.7 Å². The first-order valence-electron chi connectivity index (χ1n) is 8.43. The lowest BCUT2D eigenvalue weighted by Gasteiger charge is -2.13. The Hall–Kier alpha value is -2.55. The van der Waals surface area contributed by atoms with E-state index < -0.39 is 0 Å². The van der Waals surface area contributed by atoms with E-state index in [9.17, 15) is 0 Å². The second kappa shape index (κ2) is 6.31. The first-order valence-corrected chi connectivity index (χ1v) is 9.31. The van der Waals surface area contributed by atoms with Gasteiger partial charge in [0.25, 0.3) is 0 Å². The minimum Gasteiger partial charge on any atom is -0.340 e. The quantitative estimate of drug-likeness (QED) is 0.383. The molecule has 0 radical (unpaired) electrons. The molecule has 0 unspecified atom stereocenters. The fraction of sp³-hybridized carbons (Fsp3) is 0.105. The Bertz CT molecular complexity index is 1100. The molecule has 6 nitrogen and oxygen atoms in total. The molecule has 0 amide bonds. The van der Waals surface area contributed by atoms with Crippen molar-refractivity contribution in [3.8, 4) is 0 Å². The number of pyridine rings is 1. The first-order chi connectivity index (χ1) is 12.8. The van der Waals surface area contributed by atoms with Crippen LogP contribution < -0.4 is 27.2 Å². The second-order valence-electron chi connectivity index (χ2n) is 6.37. The van der Waals surface area contributed by atoms with Gasteiger partial charge in [-0.15, -0.1) is 11.3 Å². The van der Waals surface area contributed by atoms with Crippen LogP contribution in [0.2, 0.25) is 0 Å². The van der Waals surface area contributed by atoms with Gasteiger partial charge in [-0.2, -0.15) is 11.1 Å². The van der Waals surface area contributed by atoms with Crippen LogP contribution in [0.25, 0.3) is 21.0 Å². The van der Waals surface area contributed by atoms with Crippen LogP contribution >= 0.6 is 11.3 Å². The molecule has 1 saturated heterocycles. The van der Waals surface area contributed by atoms with E-state index in [1.807, 2.05) is 0 Å². The van der Waals surface area contributed by atoms with Crippen LogP contribution in [0.3, 0.4) is 0 Å². The Balaban J connectivity index is 1.64. The molecule has 1 aliphatic rings. The summed E-state index contributed by atoms with van der Waals surface area (Å²) in [6.07, 6.45) is -0.00610. The maximum absolute atomic E-state index is 4.93. The Morgan fingerprint density at radius 2 is 1.88 bits per heavy atom. The fourth-order valence-electron chi connectivity index (χ4n) is 3.27. The number of aryl methyl sites for hydroxylation is 1. The van der Waals surface area contributed by atoms with Gasteiger partial charge < -0.3 is 5.32 Å². The van der Waals surface area contributed by atoms with E-state index in [-0.39, 0.29) is 6.17 Å². The summed E-state index contributed by atoms with van der Waals surface area (Å²) in [4.78, 5) is 4.93. The van der Waals surface area contributed by atoms with E-state index in [1.165, 1.54) is 15.6 Å². The van der Waals surface area contributed by atoms with E-state index in [0.29, 0.717) is 0 Å². The zero-order valence-electron chi connectivity index (χ0n) is 14.1. The van der Waals surface area contributed by atoms with Gasteiger partial charge in [-0.25, -0.2) is 15.8 Å². The lowest BCUT2D eigenvalue weighted by atomic mass is 10.1. The van der Waals surface area contributed by atoms with Crippen molar-refractivity contribution in [2.24, 2.45) is 0 Å². The summed E-state index contributed by atoms with van der Waals surface area (Å²) in [5, 5.41) is 7.94. The molecule has 2 aromatic heterocycles. The zero-order chi connectivity index (χ0) is 17.5. The summed E-state index contributed by atoms with van der Waals surface area (Å²) in [5.74, 6) is 0.889. The molecule has 0 aliphatic carbocycles. The summed E-state index contributed by atoms with van der Waals surface area (Å²) in [6.45, 7) is 2.09. The normalized spacial score (nSPS) is 15.1. The fourth-order valence-corrected chi connectivity index (χ4v) is 4.20. The van der Waals surface area contributed by atoms with Crippen molar-refractivity contribution in [3.05, 3.63) is 65.0 Å². The maximum Gasteiger partial charge on any atom is 0.139 e. The van der Waals surface area contributed by atoms with E-state index in [0.717, 1.165) is 28.0 Å². The molecule has 5 N–H and O–H groups in total. The maximum atomic E-state index is 4.93. The number of fused-ring (bicyclic) bond motifs is 3. The van der Waals surface area contributed by atoms with Gasteiger partial charge in [0.1, 0.15) is 12.0 Å². The van der Waals surface area contributed by atoms with E-state index in [2.05, 4.69) is 88.1 Å². The van der Waals surface area contributed by atoms with Crippen molar-refractivity contribution in [1.29, 1.82) is 0 Å². The number of hydrazine groups is 3. The van der Waals surface area contributed by atoms with Gasteiger partial charge in [0.15, 0.2) is 0 Å². The highest BCUT2D eigenvalue weighted by molar-refractivity contribution is 7.18. The van der Waals surface area contributed by atoms with Gasteiger partial charge in [-0.3, -0.25) is 0 Å². The number of rotatable bonds is 3. The molecule has 3 heterocycles. The minimum absolute atomic E-state index is 0.00610. The van der Waals surface area contributed by atoms with Gasteiger partial charge in [0, 0.05) is 21.2 Å². The Kier molecular flexibility index (Phi) is 3.81. The van der Waals surface area contributed by atoms with Gasteiger partial charge in [-0.1, -0.05) is 24.3 Å². The van der Waals surface area contributed by atoms with Crippen LogP contribution in [0.4, 0.5) is 11.5 Å².